The molecule has 0 aromatic heterocycles. The summed E-state index contributed by atoms with van der Waals surface area (Å²) >= 11 is 0. The summed E-state index contributed by atoms with van der Waals surface area (Å²) in [7, 11) is 0. The molecule has 0 spiro atoms. The lowest BCUT2D eigenvalue weighted by Gasteiger charge is -2.09. The second-order valence-electron chi connectivity index (χ2n) is 4.26. The van der Waals surface area contributed by atoms with Gasteiger partial charge in [-0.2, -0.15) is 5.26 Å². The largest absolute Gasteiger partial charge is 0.392 e. The third-order valence-electron chi connectivity index (χ3n) is 3.26. The van der Waals surface area contributed by atoms with Gasteiger partial charge in [0.25, 0.3) is 0 Å². The SMILES string of the molecule is N#Cc1c2ccccc2cc2cccc(CO)c12. The van der Waals surface area contributed by atoms with Gasteiger partial charge in [-0.1, -0.05) is 42.5 Å². The van der Waals surface area contributed by atoms with Crippen molar-refractivity contribution in [3.63, 3.8) is 0 Å². The highest BCUT2D eigenvalue weighted by Crippen LogP contribution is 2.30. The second-order valence-corrected chi connectivity index (χ2v) is 4.26. The molecule has 18 heavy (non-hydrogen) atoms. The summed E-state index contributed by atoms with van der Waals surface area (Å²) in [5.41, 5.74) is 1.45. The van der Waals surface area contributed by atoms with E-state index in [-0.39, 0.29) is 6.61 Å². The minimum Gasteiger partial charge on any atom is -0.392 e. The maximum atomic E-state index is 9.42. The van der Waals surface area contributed by atoms with Gasteiger partial charge >= 0.3 is 0 Å². The van der Waals surface area contributed by atoms with Crippen LogP contribution in [-0.2, 0) is 6.61 Å². The highest BCUT2D eigenvalue weighted by atomic mass is 16.3. The van der Waals surface area contributed by atoms with Crippen LogP contribution in [0.15, 0.2) is 48.5 Å². The van der Waals surface area contributed by atoms with Crippen molar-refractivity contribution in [3.05, 3.63) is 59.7 Å². The standard InChI is InChI=1S/C16H11NO/c17-9-15-14-7-2-1-4-11(14)8-12-5-3-6-13(10-18)16(12)15/h1-8,18H,10H2. The van der Waals surface area contributed by atoms with Gasteiger partial charge in [-0.05, 0) is 22.4 Å². The van der Waals surface area contributed by atoms with Crippen LogP contribution in [0.3, 0.4) is 0 Å². The number of nitriles is 1. The van der Waals surface area contributed by atoms with E-state index < -0.39 is 0 Å². The Bertz CT molecular complexity index is 784. The Morgan fingerprint density at radius 3 is 2.56 bits per heavy atom. The third kappa shape index (κ3) is 1.46. The van der Waals surface area contributed by atoms with Crippen molar-refractivity contribution >= 4 is 21.5 Å². The monoisotopic (exact) mass is 233 g/mol. The van der Waals surface area contributed by atoms with Crippen molar-refractivity contribution in [2.24, 2.45) is 0 Å². The minimum atomic E-state index is -0.0512. The molecule has 0 saturated heterocycles. The number of rotatable bonds is 1. The van der Waals surface area contributed by atoms with Gasteiger partial charge in [0.2, 0.25) is 0 Å². The molecule has 2 nitrogen and oxygen atoms in total. The predicted molar refractivity (Wildman–Crippen MR) is 72.1 cm³/mol. The topological polar surface area (TPSA) is 44.0 Å². The van der Waals surface area contributed by atoms with E-state index in [4.69, 9.17) is 0 Å². The first-order valence-electron chi connectivity index (χ1n) is 5.79. The smallest absolute Gasteiger partial charge is 0.100 e. The van der Waals surface area contributed by atoms with E-state index in [2.05, 4.69) is 12.1 Å². The molecule has 0 saturated carbocycles. The van der Waals surface area contributed by atoms with Gasteiger partial charge in [-0.15, -0.1) is 0 Å². The van der Waals surface area contributed by atoms with Gasteiger partial charge in [-0.25, -0.2) is 0 Å². The average Bonchev–Trinajstić information content (AvgIpc) is 2.44. The molecule has 0 aliphatic heterocycles. The Balaban J connectivity index is 2.60. The average molecular weight is 233 g/mol. The fraction of sp³-hybridized carbons (Fsp3) is 0.0625. The third-order valence-corrected chi connectivity index (χ3v) is 3.26. The van der Waals surface area contributed by atoms with Crippen molar-refractivity contribution in [1.82, 2.24) is 0 Å². The lowest BCUT2D eigenvalue weighted by molar-refractivity contribution is 0.283. The molecule has 1 N–H and O–H groups in total. The van der Waals surface area contributed by atoms with E-state index in [0.717, 1.165) is 27.1 Å². The fourth-order valence-corrected chi connectivity index (χ4v) is 2.45. The summed E-state index contributed by atoms with van der Waals surface area (Å²) < 4.78 is 0. The molecule has 0 unspecified atom stereocenters. The van der Waals surface area contributed by atoms with E-state index >= 15 is 0 Å². The van der Waals surface area contributed by atoms with Crippen LogP contribution < -0.4 is 0 Å². The van der Waals surface area contributed by atoms with E-state index in [1.54, 1.807) is 0 Å². The number of benzene rings is 3. The Morgan fingerprint density at radius 1 is 1.00 bits per heavy atom. The first-order chi connectivity index (χ1) is 8.85. The highest BCUT2D eigenvalue weighted by molar-refractivity contribution is 6.05. The molecule has 3 aromatic rings. The summed E-state index contributed by atoms with van der Waals surface area (Å²) in [4.78, 5) is 0. The second kappa shape index (κ2) is 4.14. The van der Waals surface area contributed by atoms with Gasteiger partial charge in [0.15, 0.2) is 0 Å². The maximum Gasteiger partial charge on any atom is 0.100 e. The molecule has 0 aliphatic rings. The lowest BCUT2D eigenvalue weighted by Crippen LogP contribution is -1.91. The summed E-state index contributed by atoms with van der Waals surface area (Å²) in [6, 6.07) is 17.9. The summed E-state index contributed by atoms with van der Waals surface area (Å²) in [5.74, 6) is 0. The Labute approximate surface area is 105 Å². The van der Waals surface area contributed by atoms with Crippen LogP contribution >= 0.6 is 0 Å². The van der Waals surface area contributed by atoms with Crippen molar-refractivity contribution in [2.45, 2.75) is 6.61 Å². The first kappa shape index (κ1) is 10.8. The van der Waals surface area contributed by atoms with Crippen LogP contribution in [0.5, 0.6) is 0 Å². The molecule has 0 bridgehead atoms. The Morgan fingerprint density at radius 2 is 1.78 bits per heavy atom. The van der Waals surface area contributed by atoms with E-state index in [0.29, 0.717) is 5.56 Å². The van der Waals surface area contributed by atoms with Gasteiger partial charge in [0.1, 0.15) is 6.07 Å². The number of aliphatic hydroxyl groups excluding tert-OH is 1. The molecule has 2 heteroatoms. The normalized spacial score (nSPS) is 10.7. The van der Waals surface area contributed by atoms with Crippen LogP contribution in [-0.4, -0.2) is 5.11 Å². The van der Waals surface area contributed by atoms with Crippen molar-refractivity contribution < 1.29 is 5.11 Å². The zero-order valence-electron chi connectivity index (χ0n) is 9.72. The van der Waals surface area contributed by atoms with E-state index in [1.807, 2.05) is 42.5 Å². The molecule has 0 aliphatic carbocycles. The molecule has 3 aromatic carbocycles. The van der Waals surface area contributed by atoms with Crippen molar-refractivity contribution in [3.8, 4) is 6.07 Å². The molecule has 0 amide bonds. The molecule has 0 atom stereocenters. The number of hydrogen-bond donors (Lipinski definition) is 1. The fourth-order valence-electron chi connectivity index (χ4n) is 2.45. The Hall–Kier alpha value is -2.37. The maximum absolute atomic E-state index is 9.42. The quantitative estimate of drug-likeness (QED) is 0.655. The molecular formula is C16H11NO. The first-order valence-corrected chi connectivity index (χ1v) is 5.79. The molecule has 0 radical (unpaired) electrons. The van der Waals surface area contributed by atoms with Gasteiger partial charge in [-0.3, -0.25) is 0 Å². The van der Waals surface area contributed by atoms with Gasteiger partial charge < -0.3 is 5.11 Å². The van der Waals surface area contributed by atoms with Crippen LogP contribution in [0, 0.1) is 11.3 Å². The molecule has 0 fully saturated rings. The number of fused-ring (bicyclic) bond motifs is 2. The molecule has 3 rings (SSSR count). The summed E-state index contributed by atoms with van der Waals surface area (Å²) in [6.07, 6.45) is 0. The van der Waals surface area contributed by atoms with Gasteiger partial charge in [0.05, 0.1) is 12.2 Å². The minimum absolute atomic E-state index is 0.0512. The molecule has 86 valence electrons. The number of aliphatic hydroxyl groups is 1. The lowest BCUT2D eigenvalue weighted by atomic mass is 9.94. The van der Waals surface area contributed by atoms with Crippen molar-refractivity contribution in [1.29, 1.82) is 5.26 Å². The van der Waals surface area contributed by atoms with E-state index in [9.17, 15) is 10.4 Å². The number of nitrogens with zero attached hydrogens (tertiary/aromatic N) is 1. The van der Waals surface area contributed by atoms with Crippen LogP contribution in [0.1, 0.15) is 11.1 Å². The predicted octanol–water partition coefficient (Wildman–Crippen LogP) is 3.36. The number of hydrogen-bond acceptors (Lipinski definition) is 2. The van der Waals surface area contributed by atoms with Crippen LogP contribution in [0.2, 0.25) is 0 Å². The summed E-state index contributed by atoms with van der Waals surface area (Å²) in [6.45, 7) is -0.0512. The molecule has 0 heterocycles. The van der Waals surface area contributed by atoms with Crippen LogP contribution in [0.25, 0.3) is 21.5 Å². The van der Waals surface area contributed by atoms with Gasteiger partial charge in [0, 0.05) is 10.8 Å². The van der Waals surface area contributed by atoms with E-state index in [1.165, 1.54) is 0 Å². The summed E-state index contributed by atoms with van der Waals surface area (Å²) in [5, 5.41) is 22.7. The van der Waals surface area contributed by atoms with Crippen LogP contribution in [0.4, 0.5) is 0 Å². The highest BCUT2D eigenvalue weighted by Gasteiger charge is 2.09. The molecular weight excluding hydrogens is 222 g/mol. The zero-order chi connectivity index (χ0) is 12.5. The van der Waals surface area contributed by atoms with Crippen molar-refractivity contribution in [2.75, 3.05) is 0 Å². The zero-order valence-corrected chi connectivity index (χ0v) is 9.72. The Kier molecular flexibility index (Phi) is 2.47.